The monoisotopic (exact) mass is 516 g/mol. The van der Waals surface area contributed by atoms with E-state index in [9.17, 15) is 24.1 Å². The van der Waals surface area contributed by atoms with Crippen LogP contribution in [0.5, 0.6) is 5.75 Å². The first-order valence-electron chi connectivity index (χ1n) is 14.7. The number of benzene rings is 1. The molecule has 0 bridgehead atoms. The molecule has 0 spiro atoms. The lowest BCUT2D eigenvalue weighted by Gasteiger charge is -2.64. The molecule has 1 aromatic carbocycles. The smallest absolute Gasteiger partial charge is 0.187 e. The Hall–Kier alpha value is -1.46. The molecular weight excluding hydrogens is 470 g/mol. The second kappa shape index (κ2) is 9.93. The van der Waals surface area contributed by atoms with E-state index in [1.54, 1.807) is 6.08 Å². The number of hydrogen-bond donors (Lipinski definition) is 3. The number of phenolic OH excluding ortho intramolecular Hbond substituents is 1. The zero-order valence-corrected chi connectivity index (χ0v) is 23.0. The lowest BCUT2D eigenvalue weighted by atomic mass is 9.41. The third-order valence-electron chi connectivity index (χ3n) is 12.0. The molecule has 0 aromatic heterocycles. The number of aromatic hydroxyl groups is 1. The largest absolute Gasteiger partial charge is 0.503 e. The minimum Gasteiger partial charge on any atom is -0.503 e. The number of hydrogen-bond acceptors (Lipinski definition) is 3. The molecule has 3 nitrogen and oxygen atoms in total. The van der Waals surface area contributed by atoms with Crippen LogP contribution >= 0.6 is 0 Å². The van der Waals surface area contributed by atoms with Gasteiger partial charge in [-0.3, -0.25) is 0 Å². The van der Waals surface area contributed by atoms with Gasteiger partial charge in [0, 0.05) is 0 Å². The number of phenols is 1. The van der Waals surface area contributed by atoms with Gasteiger partial charge in [0.2, 0.25) is 0 Å². The molecule has 11 atom stereocenters. The summed E-state index contributed by atoms with van der Waals surface area (Å²) in [6, 6.07) is 2.33. The fourth-order valence-electron chi connectivity index (χ4n) is 10.2. The van der Waals surface area contributed by atoms with Crippen LogP contribution in [-0.4, -0.2) is 27.5 Å². The van der Waals surface area contributed by atoms with E-state index >= 15 is 0 Å². The van der Waals surface area contributed by atoms with Crippen LogP contribution in [0, 0.1) is 63.9 Å². The lowest BCUT2D eigenvalue weighted by molar-refractivity contribution is -0.203. The van der Waals surface area contributed by atoms with Gasteiger partial charge in [-0.15, -0.1) is 0 Å². The molecule has 1 aromatic rings. The third-order valence-corrected chi connectivity index (χ3v) is 12.0. The molecule has 4 fully saturated rings. The Kier molecular flexibility index (Phi) is 7.28. The number of halogens is 2. The third kappa shape index (κ3) is 4.36. The molecular formula is C32H46F2O3. The van der Waals surface area contributed by atoms with Crippen LogP contribution in [0.2, 0.25) is 0 Å². The van der Waals surface area contributed by atoms with Gasteiger partial charge in [-0.25, -0.2) is 8.78 Å². The predicted molar refractivity (Wildman–Crippen MR) is 143 cm³/mol. The van der Waals surface area contributed by atoms with E-state index in [1.165, 1.54) is 37.8 Å². The maximum atomic E-state index is 13.7. The van der Waals surface area contributed by atoms with Crippen LogP contribution in [0.3, 0.4) is 0 Å². The Morgan fingerprint density at radius 1 is 0.973 bits per heavy atom. The van der Waals surface area contributed by atoms with Crippen LogP contribution in [0.15, 0.2) is 18.2 Å². The number of aliphatic hydroxyl groups excluding tert-OH is 2. The molecule has 4 aliphatic rings. The first-order chi connectivity index (χ1) is 17.5. The van der Waals surface area contributed by atoms with Crippen molar-refractivity contribution in [2.45, 2.75) is 97.7 Å². The van der Waals surface area contributed by atoms with Gasteiger partial charge in [-0.05, 0) is 121 Å². The first kappa shape index (κ1) is 27.1. The molecule has 4 aliphatic carbocycles. The van der Waals surface area contributed by atoms with Gasteiger partial charge >= 0.3 is 0 Å². The van der Waals surface area contributed by atoms with Crippen molar-refractivity contribution >= 4 is 6.08 Å². The van der Waals surface area contributed by atoms with Crippen molar-refractivity contribution in [1.29, 1.82) is 0 Å². The average molecular weight is 517 g/mol. The summed E-state index contributed by atoms with van der Waals surface area (Å²) in [4.78, 5) is 0. The summed E-state index contributed by atoms with van der Waals surface area (Å²) in [7, 11) is 0. The minimum atomic E-state index is -0.935. The SMILES string of the molecule is CC[C@@H]1C2C[C@H](O)CCC2(C)[C@H]2CCC3(C)[C@@H]([C@H](C)C/C=C/c4cc(F)c(O)c(F)c4)CC[C@H]3[C@@H]2[C@@H]1O. The number of fused-ring (bicyclic) bond motifs is 5. The second-order valence-electron chi connectivity index (χ2n) is 13.6. The van der Waals surface area contributed by atoms with Crippen LogP contribution in [0.1, 0.15) is 91.0 Å². The molecule has 4 saturated carbocycles. The van der Waals surface area contributed by atoms with E-state index in [1.807, 2.05) is 6.08 Å². The van der Waals surface area contributed by atoms with E-state index in [0.717, 1.165) is 32.1 Å². The maximum Gasteiger partial charge on any atom is 0.187 e. The van der Waals surface area contributed by atoms with E-state index in [0.29, 0.717) is 41.1 Å². The average Bonchev–Trinajstić information content (AvgIpc) is 3.21. The summed E-state index contributed by atoms with van der Waals surface area (Å²) in [6.45, 7) is 9.48. The van der Waals surface area contributed by atoms with Crippen LogP contribution in [0.4, 0.5) is 8.78 Å². The van der Waals surface area contributed by atoms with Crippen molar-refractivity contribution < 1.29 is 24.1 Å². The van der Waals surface area contributed by atoms with E-state index in [4.69, 9.17) is 0 Å². The summed E-state index contributed by atoms with van der Waals surface area (Å²) in [5, 5.41) is 31.7. The Labute approximate surface area is 221 Å². The van der Waals surface area contributed by atoms with E-state index in [-0.39, 0.29) is 29.0 Å². The first-order valence-corrected chi connectivity index (χ1v) is 14.7. The topological polar surface area (TPSA) is 60.7 Å². The molecule has 3 unspecified atom stereocenters. The molecule has 3 N–H and O–H groups in total. The highest BCUT2D eigenvalue weighted by atomic mass is 19.1. The van der Waals surface area contributed by atoms with Crippen molar-refractivity contribution in [1.82, 2.24) is 0 Å². The molecule has 0 radical (unpaired) electrons. The number of allylic oxidation sites excluding steroid dienone is 1. The Balaban J connectivity index is 1.34. The standard InChI is InChI=1S/C32H46F2O3/c1-5-21-25-17-20(35)11-13-32(25,4)24-12-14-31(3)22(9-10-23(31)28(24)29(21)36)18(2)7-6-8-19-15-26(33)30(37)27(34)16-19/h6,8,15-16,18,20-25,28-29,35-37H,5,7,9-14,17H2,1-4H3/b8-6+/t18-,20-,21-,22-,23+,24+,25?,28+,29-,31?,32?/m1/s1. The number of aliphatic hydroxyl groups is 2. The molecule has 0 saturated heterocycles. The normalized spacial score (nSPS) is 44.3. The summed E-state index contributed by atoms with van der Waals surface area (Å²) in [5.41, 5.74) is 0.834. The summed E-state index contributed by atoms with van der Waals surface area (Å²) in [6.07, 6.45) is 12.6. The zero-order valence-electron chi connectivity index (χ0n) is 23.0. The predicted octanol–water partition coefficient (Wildman–Crippen LogP) is 7.34. The summed E-state index contributed by atoms with van der Waals surface area (Å²) >= 11 is 0. The van der Waals surface area contributed by atoms with E-state index < -0.39 is 17.4 Å². The van der Waals surface area contributed by atoms with Gasteiger partial charge in [0.25, 0.3) is 0 Å². The highest BCUT2D eigenvalue weighted by molar-refractivity contribution is 5.51. The zero-order chi connectivity index (χ0) is 26.7. The van der Waals surface area contributed by atoms with Crippen molar-refractivity contribution in [2.75, 3.05) is 0 Å². The van der Waals surface area contributed by atoms with Crippen molar-refractivity contribution in [2.24, 2.45) is 52.3 Å². The van der Waals surface area contributed by atoms with Gasteiger partial charge < -0.3 is 15.3 Å². The van der Waals surface area contributed by atoms with Gasteiger partial charge in [-0.1, -0.05) is 46.3 Å². The molecule has 0 amide bonds. The molecule has 206 valence electrons. The van der Waals surface area contributed by atoms with Crippen LogP contribution in [-0.2, 0) is 0 Å². The minimum absolute atomic E-state index is 0.196. The van der Waals surface area contributed by atoms with Crippen molar-refractivity contribution in [3.05, 3.63) is 35.4 Å². The fourth-order valence-corrected chi connectivity index (χ4v) is 10.2. The number of rotatable bonds is 5. The van der Waals surface area contributed by atoms with Gasteiger partial charge in [0.1, 0.15) is 0 Å². The Morgan fingerprint density at radius 3 is 2.30 bits per heavy atom. The fraction of sp³-hybridized carbons (Fsp3) is 0.750. The second-order valence-corrected chi connectivity index (χ2v) is 13.6. The lowest BCUT2D eigenvalue weighted by Crippen LogP contribution is -2.62. The molecule has 5 heteroatoms. The van der Waals surface area contributed by atoms with E-state index in [2.05, 4.69) is 27.7 Å². The summed E-state index contributed by atoms with van der Waals surface area (Å²) in [5.74, 6) is 0.290. The van der Waals surface area contributed by atoms with Crippen molar-refractivity contribution in [3.63, 3.8) is 0 Å². The molecule has 0 aliphatic heterocycles. The Bertz CT molecular complexity index is 1000. The Morgan fingerprint density at radius 2 is 1.62 bits per heavy atom. The van der Waals surface area contributed by atoms with Crippen LogP contribution < -0.4 is 0 Å². The van der Waals surface area contributed by atoms with Crippen molar-refractivity contribution in [3.8, 4) is 5.75 Å². The highest BCUT2D eigenvalue weighted by Crippen LogP contribution is 2.69. The van der Waals surface area contributed by atoms with Gasteiger partial charge in [0.15, 0.2) is 17.4 Å². The molecule has 37 heavy (non-hydrogen) atoms. The quantitative estimate of drug-likeness (QED) is 0.384. The molecule has 0 heterocycles. The molecule has 5 rings (SSSR count). The maximum absolute atomic E-state index is 13.7. The van der Waals surface area contributed by atoms with Gasteiger partial charge in [0.05, 0.1) is 12.2 Å². The van der Waals surface area contributed by atoms with Crippen LogP contribution in [0.25, 0.3) is 6.08 Å². The highest BCUT2D eigenvalue weighted by Gasteiger charge is 2.64. The van der Waals surface area contributed by atoms with Gasteiger partial charge in [-0.2, -0.15) is 0 Å². The summed E-state index contributed by atoms with van der Waals surface area (Å²) < 4.78 is 27.4.